The number of benzene rings is 1. The third kappa shape index (κ3) is 2.93. The van der Waals surface area contributed by atoms with Crippen molar-refractivity contribution >= 4 is 15.9 Å². The van der Waals surface area contributed by atoms with E-state index in [9.17, 15) is 0 Å². The van der Waals surface area contributed by atoms with E-state index in [0.29, 0.717) is 4.83 Å². The lowest BCUT2D eigenvalue weighted by atomic mass is 9.93. The van der Waals surface area contributed by atoms with Crippen molar-refractivity contribution in [3.63, 3.8) is 0 Å². The fourth-order valence-electron chi connectivity index (χ4n) is 2.66. The van der Waals surface area contributed by atoms with Gasteiger partial charge in [0.1, 0.15) is 0 Å². The van der Waals surface area contributed by atoms with E-state index in [1.807, 2.05) is 0 Å². The van der Waals surface area contributed by atoms with Crippen LogP contribution < -0.4 is 0 Å². The second kappa shape index (κ2) is 5.56. The van der Waals surface area contributed by atoms with Crippen LogP contribution in [0.5, 0.6) is 0 Å². The molecule has 1 heteroatoms. The second-order valence-corrected chi connectivity index (χ2v) is 6.32. The molecular formula is C16H23Br. The number of alkyl halides is 1. The standard InChI is InChI=1S/C16H23Br/c1-4-12-6-9-15(10-13(12)5-2)16(17)11(3)14-7-8-14/h6,9-11,14,16H,4-5,7-8H2,1-3H3. The quantitative estimate of drug-likeness (QED) is 0.647. The van der Waals surface area contributed by atoms with Gasteiger partial charge in [-0.3, -0.25) is 0 Å². The molecule has 1 aromatic carbocycles. The van der Waals surface area contributed by atoms with Crippen LogP contribution >= 0.6 is 15.9 Å². The zero-order valence-electron chi connectivity index (χ0n) is 11.2. The van der Waals surface area contributed by atoms with Crippen LogP contribution in [0.15, 0.2) is 18.2 Å². The molecule has 0 aliphatic heterocycles. The van der Waals surface area contributed by atoms with Gasteiger partial charge in [-0.15, -0.1) is 0 Å². The Hall–Kier alpha value is -0.300. The second-order valence-electron chi connectivity index (χ2n) is 5.33. The lowest BCUT2D eigenvalue weighted by Gasteiger charge is -2.20. The van der Waals surface area contributed by atoms with Gasteiger partial charge in [0.25, 0.3) is 0 Å². The molecule has 0 spiro atoms. The summed E-state index contributed by atoms with van der Waals surface area (Å²) in [4.78, 5) is 0.534. The van der Waals surface area contributed by atoms with Crippen LogP contribution in [0.1, 0.15) is 55.1 Å². The Labute approximate surface area is 114 Å². The van der Waals surface area contributed by atoms with E-state index in [2.05, 4.69) is 54.9 Å². The van der Waals surface area contributed by atoms with Crippen molar-refractivity contribution in [1.29, 1.82) is 0 Å². The molecule has 1 saturated carbocycles. The molecule has 0 N–H and O–H groups in total. The van der Waals surface area contributed by atoms with E-state index in [1.165, 1.54) is 29.5 Å². The van der Waals surface area contributed by atoms with Crippen LogP contribution in [-0.2, 0) is 12.8 Å². The Bertz CT molecular complexity index is 379. The van der Waals surface area contributed by atoms with Crippen LogP contribution in [0, 0.1) is 11.8 Å². The van der Waals surface area contributed by atoms with Crippen LogP contribution in [0.3, 0.4) is 0 Å². The van der Waals surface area contributed by atoms with Crippen molar-refractivity contribution in [1.82, 2.24) is 0 Å². The molecule has 0 radical (unpaired) electrons. The van der Waals surface area contributed by atoms with Crippen LogP contribution in [0.4, 0.5) is 0 Å². The summed E-state index contributed by atoms with van der Waals surface area (Å²) in [5, 5.41) is 0. The molecule has 0 amide bonds. The minimum atomic E-state index is 0.534. The summed E-state index contributed by atoms with van der Waals surface area (Å²) in [7, 11) is 0. The van der Waals surface area contributed by atoms with Crippen molar-refractivity contribution < 1.29 is 0 Å². The lowest BCUT2D eigenvalue weighted by Crippen LogP contribution is -2.06. The van der Waals surface area contributed by atoms with Crippen LogP contribution in [0.2, 0.25) is 0 Å². The molecule has 0 aromatic heterocycles. The summed E-state index contributed by atoms with van der Waals surface area (Å²) in [6, 6.07) is 7.05. The minimum Gasteiger partial charge on any atom is -0.0836 e. The SMILES string of the molecule is CCc1ccc(C(Br)C(C)C2CC2)cc1CC. The predicted molar refractivity (Wildman–Crippen MR) is 78.8 cm³/mol. The first-order valence-corrected chi connectivity index (χ1v) is 7.84. The van der Waals surface area contributed by atoms with Gasteiger partial charge in [0.2, 0.25) is 0 Å². The first kappa shape index (κ1) is 13.1. The Morgan fingerprint density at radius 3 is 2.35 bits per heavy atom. The first-order valence-electron chi connectivity index (χ1n) is 6.93. The van der Waals surface area contributed by atoms with Crippen molar-refractivity contribution in [2.24, 2.45) is 11.8 Å². The monoisotopic (exact) mass is 294 g/mol. The first-order chi connectivity index (χ1) is 8.17. The summed E-state index contributed by atoms with van der Waals surface area (Å²) in [6.45, 7) is 6.88. The highest BCUT2D eigenvalue weighted by Crippen LogP contribution is 2.46. The molecule has 0 bridgehead atoms. The fraction of sp³-hybridized carbons (Fsp3) is 0.625. The van der Waals surface area contributed by atoms with E-state index in [0.717, 1.165) is 24.7 Å². The maximum atomic E-state index is 3.90. The highest BCUT2D eigenvalue weighted by Gasteiger charge is 2.32. The van der Waals surface area contributed by atoms with Crippen LogP contribution in [-0.4, -0.2) is 0 Å². The number of hydrogen-bond acceptors (Lipinski definition) is 0. The van der Waals surface area contributed by atoms with Gasteiger partial charge >= 0.3 is 0 Å². The van der Waals surface area contributed by atoms with Gasteiger partial charge < -0.3 is 0 Å². The van der Waals surface area contributed by atoms with Gasteiger partial charge in [-0.1, -0.05) is 54.9 Å². The van der Waals surface area contributed by atoms with E-state index in [-0.39, 0.29) is 0 Å². The average molecular weight is 295 g/mol. The summed E-state index contributed by atoms with van der Waals surface area (Å²) >= 11 is 3.90. The maximum Gasteiger partial charge on any atom is 0.0423 e. The van der Waals surface area contributed by atoms with Gasteiger partial charge in [-0.2, -0.15) is 0 Å². The maximum absolute atomic E-state index is 3.90. The van der Waals surface area contributed by atoms with Gasteiger partial charge in [0.05, 0.1) is 0 Å². The third-order valence-electron chi connectivity index (χ3n) is 4.14. The summed E-state index contributed by atoms with van der Waals surface area (Å²) in [6.07, 6.45) is 5.15. The molecule has 1 fully saturated rings. The normalized spacial score (nSPS) is 19.1. The average Bonchev–Trinajstić information content (AvgIpc) is 3.20. The van der Waals surface area contributed by atoms with E-state index in [1.54, 1.807) is 0 Å². The van der Waals surface area contributed by atoms with Crippen molar-refractivity contribution in [3.05, 3.63) is 34.9 Å². The highest BCUT2D eigenvalue weighted by atomic mass is 79.9. The van der Waals surface area contributed by atoms with E-state index in [4.69, 9.17) is 0 Å². The Morgan fingerprint density at radius 1 is 1.18 bits per heavy atom. The largest absolute Gasteiger partial charge is 0.0836 e. The Balaban J connectivity index is 2.19. The number of hydrogen-bond donors (Lipinski definition) is 0. The smallest absolute Gasteiger partial charge is 0.0423 e. The number of halogens is 1. The third-order valence-corrected chi connectivity index (χ3v) is 5.50. The molecule has 0 saturated heterocycles. The summed E-state index contributed by atoms with van der Waals surface area (Å²) in [5.41, 5.74) is 4.51. The van der Waals surface area contributed by atoms with Gasteiger partial charge in [0.15, 0.2) is 0 Å². The Kier molecular flexibility index (Phi) is 4.30. The zero-order chi connectivity index (χ0) is 12.4. The highest BCUT2D eigenvalue weighted by molar-refractivity contribution is 9.09. The molecule has 2 rings (SSSR count). The van der Waals surface area contributed by atoms with E-state index >= 15 is 0 Å². The molecule has 17 heavy (non-hydrogen) atoms. The van der Waals surface area contributed by atoms with E-state index < -0.39 is 0 Å². The summed E-state index contributed by atoms with van der Waals surface area (Å²) < 4.78 is 0. The van der Waals surface area contributed by atoms with Gasteiger partial charge in [-0.25, -0.2) is 0 Å². The van der Waals surface area contributed by atoms with Gasteiger partial charge in [-0.05, 0) is 54.2 Å². The molecule has 2 atom stereocenters. The van der Waals surface area contributed by atoms with Crippen molar-refractivity contribution in [2.45, 2.75) is 51.3 Å². The van der Waals surface area contributed by atoms with Crippen molar-refractivity contribution in [3.8, 4) is 0 Å². The predicted octanol–water partition coefficient (Wildman–Crippen LogP) is 5.29. The number of aryl methyl sites for hydroxylation is 2. The molecule has 1 aliphatic rings. The van der Waals surface area contributed by atoms with Crippen LogP contribution in [0.25, 0.3) is 0 Å². The molecule has 1 aliphatic carbocycles. The molecule has 0 heterocycles. The lowest BCUT2D eigenvalue weighted by molar-refractivity contribution is 0.502. The summed E-state index contributed by atoms with van der Waals surface area (Å²) in [5.74, 6) is 1.72. The Morgan fingerprint density at radius 2 is 1.82 bits per heavy atom. The molecule has 94 valence electrons. The topological polar surface area (TPSA) is 0 Å². The van der Waals surface area contributed by atoms with Gasteiger partial charge in [0, 0.05) is 4.83 Å². The van der Waals surface area contributed by atoms with Crippen molar-refractivity contribution in [2.75, 3.05) is 0 Å². The fourth-order valence-corrected chi connectivity index (χ4v) is 3.37. The molecule has 0 nitrogen and oxygen atoms in total. The zero-order valence-corrected chi connectivity index (χ0v) is 12.8. The number of rotatable bonds is 5. The molecule has 1 aromatic rings. The molecular weight excluding hydrogens is 272 g/mol. The molecule has 2 unspecified atom stereocenters. The minimum absolute atomic E-state index is 0.534.